The first-order chi connectivity index (χ1) is 8.17. The fourth-order valence-electron chi connectivity index (χ4n) is 3.06. The van der Waals surface area contributed by atoms with Gasteiger partial charge in [0.05, 0.1) is 18.2 Å². The first-order valence-electron chi connectivity index (χ1n) is 6.21. The summed E-state index contributed by atoms with van der Waals surface area (Å²) in [5.74, 6) is 0.311. The molecular weight excluding hydrogens is 284 g/mol. The Morgan fingerprint density at radius 3 is 2.82 bits per heavy atom. The molecular formula is C11H17BrN4O. The maximum Gasteiger partial charge on any atom is 0.240 e. The monoisotopic (exact) mass is 300 g/mol. The van der Waals surface area contributed by atoms with Gasteiger partial charge in [-0.25, -0.2) is 4.68 Å². The number of anilines is 1. The second kappa shape index (κ2) is 4.24. The third kappa shape index (κ3) is 2.20. The molecule has 1 aliphatic heterocycles. The van der Waals surface area contributed by atoms with Crippen molar-refractivity contribution in [2.45, 2.75) is 56.8 Å². The van der Waals surface area contributed by atoms with Crippen LogP contribution in [-0.2, 0) is 11.3 Å². The number of aromatic nitrogens is 3. The van der Waals surface area contributed by atoms with Crippen molar-refractivity contribution >= 4 is 21.9 Å². The van der Waals surface area contributed by atoms with Crippen LogP contribution in [0.25, 0.3) is 0 Å². The Labute approximate surface area is 109 Å². The Bertz CT molecular complexity index is 414. The first-order valence-corrected chi connectivity index (χ1v) is 7.00. The van der Waals surface area contributed by atoms with Gasteiger partial charge in [-0.3, -0.25) is 0 Å². The summed E-state index contributed by atoms with van der Waals surface area (Å²) in [4.78, 5) is 4.03. The number of rotatable bonds is 2. The van der Waals surface area contributed by atoms with Crippen LogP contribution in [0, 0.1) is 0 Å². The normalized spacial score (nSPS) is 27.0. The fraction of sp³-hybridized carbons (Fsp3) is 0.818. The van der Waals surface area contributed by atoms with Crippen molar-refractivity contribution in [1.82, 2.24) is 14.8 Å². The van der Waals surface area contributed by atoms with Crippen LogP contribution in [0.5, 0.6) is 0 Å². The summed E-state index contributed by atoms with van der Waals surface area (Å²) in [6.45, 7) is 0.743. The smallest absolute Gasteiger partial charge is 0.240 e. The van der Waals surface area contributed by atoms with Crippen LogP contribution in [-0.4, -0.2) is 26.5 Å². The quantitative estimate of drug-likeness (QED) is 0.908. The SMILES string of the molecule is Nc1nc(Br)n(CC2CCC3(CCCC3)O2)n1. The molecule has 2 heterocycles. The van der Waals surface area contributed by atoms with Gasteiger partial charge in [-0.2, -0.15) is 4.98 Å². The van der Waals surface area contributed by atoms with E-state index in [1.807, 2.05) is 0 Å². The summed E-state index contributed by atoms with van der Waals surface area (Å²) in [6.07, 6.45) is 7.64. The van der Waals surface area contributed by atoms with Crippen LogP contribution in [0.4, 0.5) is 5.95 Å². The minimum atomic E-state index is 0.184. The van der Waals surface area contributed by atoms with E-state index in [2.05, 4.69) is 26.0 Å². The highest BCUT2D eigenvalue weighted by Crippen LogP contribution is 2.43. The lowest BCUT2D eigenvalue weighted by molar-refractivity contribution is -0.0431. The molecule has 2 fully saturated rings. The molecule has 5 nitrogen and oxygen atoms in total. The highest BCUT2D eigenvalue weighted by molar-refractivity contribution is 9.10. The Hall–Kier alpha value is -0.620. The summed E-state index contributed by atoms with van der Waals surface area (Å²) in [7, 11) is 0. The molecule has 1 aromatic heterocycles. The average molecular weight is 301 g/mol. The van der Waals surface area contributed by atoms with E-state index in [1.165, 1.54) is 32.1 Å². The van der Waals surface area contributed by atoms with Crippen molar-refractivity contribution in [3.05, 3.63) is 4.73 Å². The zero-order valence-corrected chi connectivity index (χ0v) is 11.3. The van der Waals surface area contributed by atoms with Gasteiger partial charge in [0.2, 0.25) is 5.95 Å². The maximum atomic E-state index is 6.23. The van der Waals surface area contributed by atoms with Crippen molar-refractivity contribution in [2.75, 3.05) is 5.73 Å². The molecule has 6 heteroatoms. The molecule has 1 spiro atoms. The van der Waals surface area contributed by atoms with E-state index in [0.717, 1.165) is 13.0 Å². The van der Waals surface area contributed by atoms with Gasteiger partial charge in [0, 0.05) is 0 Å². The molecule has 1 saturated heterocycles. The largest absolute Gasteiger partial charge is 0.370 e. The van der Waals surface area contributed by atoms with Gasteiger partial charge >= 0.3 is 0 Å². The van der Waals surface area contributed by atoms with Crippen LogP contribution in [0.2, 0.25) is 0 Å². The molecule has 1 aromatic rings. The number of nitrogens with two attached hydrogens (primary N) is 1. The van der Waals surface area contributed by atoms with E-state index < -0.39 is 0 Å². The Morgan fingerprint density at radius 2 is 2.18 bits per heavy atom. The van der Waals surface area contributed by atoms with E-state index in [4.69, 9.17) is 10.5 Å². The Balaban J connectivity index is 1.65. The third-order valence-corrected chi connectivity index (χ3v) is 4.46. The van der Waals surface area contributed by atoms with E-state index in [-0.39, 0.29) is 11.7 Å². The van der Waals surface area contributed by atoms with Gasteiger partial charge in [0.1, 0.15) is 0 Å². The molecule has 1 aliphatic carbocycles. The van der Waals surface area contributed by atoms with E-state index in [9.17, 15) is 0 Å². The lowest BCUT2D eigenvalue weighted by Gasteiger charge is -2.23. The molecule has 0 radical (unpaired) electrons. The molecule has 0 aromatic carbocycles. The van der Waals surface area contributed by atoms with Crippen LogP contribution in [0.3, 0.4) is 0 Å². The van der Waals surface area contributed by atoms with Crippen LogP contribution < -0.4 is 5.73 Å². The van der Waals surface area contributed by atoms with Crippen molar-refractivity contribution in [2.24, 2.45) is 0 Å². The molecule has 94 valence electrons. The number of nitrogen functional groups attached to an aromatic ring is 1. The second-order valence-corrected chi connectivity index (χ2v) is 5.80. The predicted molar refractivity (Wildman–Crippen MR) is 67.4 cm³/mol. The number of halogens is 1. The zero-order chi connectivity index (χ0) is 11.9. The van der Waals surface area contributed by atoms with Crippen molar-refractivity contribution in [1.29, 1.82) is 0 Å². The summed E-state index contributed by atoms with van der Waals surface area (Å²) in [6, 6.07) is 0. The minimum Gasteiger partial charge on any atom is -0.370 e. The summed E-state index contributed by atoms with van der Waals surface area (Å²) < 4.78 is 8.70. The van der Waals surface area contributed by atoms with Crippen molar-refractivity contribution in [3.63, 3.8) is 0 Å². The van der Waals surface area contributed by atoms with E-state index in [1.54, 1.807) is 4.68 Å². The van der Waals surface area contributed by atoms with Crippen LogP contribution >= 0.6 is 15.9 Å². The molecule has 1 unspecified atom stereocenters. The van der Waals surface area contributed by atoms with Gasteiger partial charge in [0.15, 0.2) is 4.73 Å². The Morgan fingerprint density at radius 1 is 1.41 bits per heavy atom. The summed E-state index contributed by atoms with van der Waals surface area (Å²) in [5.41, 5.74) is 5.74. The molecule has 2 N–H and O–H groups in total. The standard InChI is InChI=1S/C11H17BrN4O/c12-9-14-10(13)15-16(9)7-8-3-6-11(17-8)4-1-2-5-11/h8H,1-7H2,(H2,13,15). The molecule has 0 amide bonds. The van der Waals surface area contributed by atoms with Gasteiger partial charge in [-0.15, -0.1) is 5.10 Å². The van der Waals surface area contributed by atoms with Crippen LogP contribution in [0.15, 0.2) is 4.73 Å². The minimum absolute atomic E-state index is 0.184. The summed E-state index contributed by atoms with van der Waals surface area (Å²) >= 11 is 3.35. The van der Waals surface area contributed by atoms with E-state index >= 15 is 0 Å². The highest BCUT2D eigenvalue weighted by Gasteiger charge is 2.42. The van der Waals surface area contributed by atoms with E-state index in [0.29, 0.717) is 10.7 Å². The highest BCUT2D eigenvalue weighted by atomic mass is 79.9. The number of nitrogens with zero attached hydrogens (tertiary/aromatic N) is 3. The molecule has 17 heavy (non-hydrogen) atoms. The number of ether oxygens (including phenoxy) is 1. The third-order valence-electron chi connectivity index (χ3n) is 3.87. The molecule has 1 atom stereocenters. The predicted octanol–water partition coefficient (Wildman–Crippen LogP) is 2.11. The van der Waals surface area contributed by atoms with Crippen molar-refractivity contribution < 1.29 is 4.74 Å². The van der Waals surface area contributed by atoms with Gasteiger partial charge < -0.3 is 10.5 Å². The average Bonchev–Trinajstić information content (AvgIpc) is 2.95. The van der Waals surface area contributed by atoms with Crippen molar-refractivity contribution in [3.8, 4) is 0 Å². The second-order valence-electron chi connectivity index (χ2n) is 5.09. The lowest BCUT2D eigenvalue weighted by Crippen LogP contribution is -2.26. The molecule has 1 saturated carbocycles. The van der Waals surface area contributed by atoms with Gasteiger partial charge in [-0.1, -0.05) is 12.8 Å². The topological polar surface area (TPSA) is 66.0 Å². The molecule has 3 rings (SSSR count). The van der Waals surface area contributed by atoms with Crippen LogP contribution in [0.1, 0.15) is 38.5 Å². The number of hydrogen-bond donors (Lipinski definition) is 1. The van der Waals surface area contributed by atoms with Gasteiger partial charge in [-0.05, 0) is 41.6 Å². The lowest BCUT2D eigenvalue weighted by atomic mass is 9.98. The maximum absolute atomic E-state index is 6.23. The van der Waals surface area contributed by atoms with Gasteiger partial charge in [0.25, 0.3) is 0 Å². The zero-order valence-electron chi connectivity index (χ0n) is 9.73. The Kier molecular flexibility index (Phi) is 2.86. The summed E-state index contributed by atoms with van der Waals surface area (Å²) in [5, 5.41) is 4.15. The molecule has 0 bridgehead atoms. The fourth-order valence-corrected chi connectivity index (χ4v) is 3.47. The number of hydrogen-bond acceptors (Lipinski definition) is 4. The first kappa shape index (κ1) is 11.5. The molecule has 2 aliphatic rings.